The summed E-state index contributed by atoms with van der Waals surface area (Å²) in [5.41, 5.74) is 6.20. The topological polar surface area (TPSA) is 70.8 Å². The third-order valence-corrected chi connectivity index (χ3v) is 2.18. The molecule has 0 amide bonds. The molecular formula is C13H19NO4. The zero-order valence-electron chi connectivity index (χ0n) is 10.7. The van der Waals surface area contributed by atoms with Gasteiger partial charge in [0.05, 0.1) is 6.61 Å². The van der Waals surface area contributed by atoms with Crippen LogP contribution in [0.15, 0.2) is 24.3 Å². The first-order chi connectivity index (χ1) is 8.63. The molecule has 5 nitrogen and oxygen atoms in total. The van der Waals surface area contributed by atoms with E-state index >= 15 is 0 Å². The van der Waals surface area contributed by atoms with Gasteiger partial charge in [0, 0.05) is 18.4 Å². The predicted molar refractivity (Wildman–Crippen MR) is 68.4 cm³/mol. The van der Waals surface area contributed by atoms with E-state index in [-0.39, 0.29) is 6.61 Å². The Morgan fingerprint density at radius 2 is 2.17 bits per heavy atom. The molecule has 100 valence electrons. The molecule has 1 atom stereocenters. The number of hydrogen-bond donors (Lipinski definition) is 1. The van der Waals surface area contributed by atoms with Crippen LogP contribution in [-0.2, 0) is 14.3 Å². The molecule has 0 aliphatic carbocycles. The van der Waals surface area contributed by atoms with Crippen LogP contribution in [0.25, 0.3) is 0 Å². The number of anilines is 1. The summed E-state index contributed by atoms with van der Waals surface area (Å²) in [6, 6.07) is 6.90. The van der Waals surface area contributed by atoms with Gasteiger partial charge in [0.15, 0.2) is 6.10 Å². The van der Waals surface area contributed by atoms with Crippen molar-refractivity contribution in [2.24, 2.45) is 0 Å². The SMILES string of the molecule is CCOCCOC(=O)[C@H](C)Oc1cccc(N)c1. The molecule has 0 unspecified atom stereocenters. The molecule has 0 aliphatic heterocycles. The van der Waals surface area contributed by atoms with Gasteiger partial charge < -0.3 is 19.9 Å². The van der Waals surface area contributed by atoms with Crippen LogP contribution in [0.3, 0.4) is 0 Å². The van der Waals surface area contributed by atoms with Gasteiger partial charge in [-0.3, -0.25) is 0 Å². The van der Waals surface area contributed by atoms with Crippen LogP contribution in [0, 0.1) is 0 Å². The molecule has 1 aromatic rings. The fourth-order valence-corrected chi connectivity index (χ4v) is 1.30. The quantitative estimate of drug-likeness (QED) is 0.454. The Balaban J connectivity index is 2.35. The Hall–Kier alpha value is -1.75. The minimum atomic E-state index is -0.673. The summed E-state index contributed by atoms with van der Waals surface area (Å²) in [5.74, 6) is 0.126. The summed E-state index contributed by atoms with van der Waals surface area (Å²) < 4.78 is 15.5. The molecule has 0 fully saturated rings. The first-order valence-corrected chi connectivity index (χ1v) is 5.90. The van der Waals surface area contributed by atoms with E-state index in [1.54, 1.807) is 31.2 Å². The minimum Gasteiger partial charge on any atom is -0.479 e. The summed E-state index contributed by atoms with van der Waals surface area (Å²) in [4.78, 5) is 11.6. The molecule has 1 aromatic carbocycles. The second-order valence-electron chi connectivity index (χ2n) is 3.70. The molecule has 0 spiro atoms. The summed E-state index contributed by atoms with van der Waals surface area (Å²) in [5, 5.41) is 0. The number of carbonyl (C=O) groups is 1. The summed E-state index contributed by atoms with van der Waals surface area (Å²) in [6.07, 6.45) is -0.673. The van der Waals surface area contributed by atoms with Crippen LogP contribution in [0.2, 0.25) is 0 Å². The average molecular weight is 253 g/mol. The fraction of sp³-hybridized carbons (Fsp3) is 0.462. The maximum atomic E-state index is 11.6. The largest absolute Gasteiger partial charge is 0.479 e. The molecule has 0 saturated carbocycles. The standard InChI is InChI=1S/C13H19NO4/c1-3-16-7-8-17-13(15)10(2)18-12-6-4-5-11(14)9-12/h4-6,9-10H,3,7-8,14H2,1-2H3/t10-/m0/s1. The van der Waals surface area contributed by atoms with Gasteiger partial charge in [-0.2, -0.15) is 0 Å². The van der Waals surface area contributed by atoms with Crippen LogP contribution in [-0.4, -0.2) is 31.9 Å². The zero-order chi connectivity index (χ0) is 13.4. The molecule has 5 heteroatoms. The van der Waals surface area contributed by atoms with E-state index < -0.39 is 12.1 Å². The second-order valence-corrected chi connectivity index (χ2v) is 3.70. The van der Waals surface area contributed by atoms with Crippen LogP contribution in [0.5, 0.6) is 5.75 Å². The van der Waals surface area contributed by atoms with Gasteiger partial charge in [-0.25, -0.2) is 4.79 Å². The van der Waals surface area contributed by atoms with Crippen molar-refractivity contribution in [3.05, 3.63) is 24.3 Å². The van der Waals surface area contributed by atoms with Crippen LogP contribution < -0.4 is 10.5 Å². The van der Waals surface area contributed by atoms with E-state index in [1.807, 2.05) is 6.92 Å². The number of nitrogens with two attached hydrogens (primary N) is 1. The van der Waals surface area contributed by atoms with Gasteiger partial charge in [0.1, 0.15) is 12.4 Å². The van der Waals surface area contributed by atoms with Gasteiger partial charge >= 0.3 is 5.97 Å². The maximum absolute atomic E-state index is 11.6. The van der Waals surface area contributed by atoms with Crippen molar-refractivity contribution in [2.45, 2.75) is 20.0 Å². The van der Waals surface area contributed by atoms with Crippen LogP contribution in [0.1, 0.15) is 13.8 Å². The third-order valence-electron chi connectivity index (χ3n) is 2.18. The predicted octanol–water partition coefficient (Wildman–Crippen LogP) is 1.62. The van der Waals surface area contributed by atoms with Crippen molar-refractivity contribution >= 4 is 11.7 Å². The Morgan fingerprint density at radius 1 is 1.39 bits per heavy atom. The number of rotatable bonds is 7. The summed E-state index contributed by atoms with van der Waals surface area (Å²) >= 11 is 0. The molecule has 1 rings (SSSR count). The van der Waals surface area contributed by atoms with E-state index in [9.17, 15) is 4.79 Å². The van der Waals surface area contributed by atoms with Gasteiger partial charge in [0.25, 0.3) is 0 Å². The van der Waals surface area contributed by atoms with E-state index in [2.05, 4.69) is 0 Å². The van der Waals surface area contributed by atoms with Gasteiger partial charge in [-0.05, 0) is 26.0 Å². The molecule has 0 radical (unpaired) electrons. The van der Waals surface area contributed by atoms with Crippen molar-refractivity contribution in [3.63, 3.8) is 0 Å². The third kappa shape index (κ3) is 5.05. The van der Waals surface area contributed by atoms with E-state index in [4.69, 9.17) is 19.9 Å². The molecule has 0 heterocycles. The summed E-state index contributed by atoms with van der Waals surface area (Å²) in [6.45, 7) is 4.75. The highest BCUT2D eigenvalue weighted by atomic mass is 16.6. The lowest BCUT2D eigenvalue weighted by Gasteiger charge is -2.14. The second kappa shape index (κ2) is 7.55. The lowest BCUT2D eigenvalue weighted by atomic mass is 10.3. The molecule has 18 heavy (non-hydrogen) atoms. The first-order valence-electron chi connectivity index (χ1n) is 5.90. The number of ether oxygens (including phenoxy) is 3. The number of carbonyl (C=O) groups excluding carboxylic acids is 1. The van der Waals surface area contributed by atoms with Crippen molar-refractivity contribution in [1.82, 2.24) is 0 Å². The summed E-state index contributed by atoms with van der Waals surface area (Å²) in [7, 11) is 0. The smallest absolute Gasteiger partial charge is 0.347 e. The van der Waals surface area contributed by atoms with E-state index in [0.717, 1.165) is 0 Å². The molecular weight excluding hydrogens is 234 g/mol. The van der Waals surface area contributed by atoms with Crippen molar-refractivity contribution in [3.8, 4) is 5.75 Å². The Kier molecular flexibility index (Phi) is 6.00. The molecule has 0 aromatic heterocycles. The average Bonchev–Trinajstić information content (AvgIpc) is 2.34. The lowest BCUT2D eigenvalue weighted by molar-refractivity contribution is -0.152. The molecule has 0 bridgehead atoms. The lowest BCUT2D eigenvalue weighted by Crippen LogP contribution is -2.27. The van der Waals surface area contributed by atoms with E-state index in [1.165, 1.54) is 0 Å². The number of esters is 1. The number of hydrogen-bond acceptors (Lipinski definition) is 5. The van der Waals surface area contributed by atoms with Crippen molar-refractivity contribution in [2.75, 3.05) is 25.6 Å². The van der Waals surface area contributed by atoms with Crippen LogP contribution in [0.4, 0.5) is 5.69 Å². The highest BCUT2D eigenvalue weighted by Crippen LogP contribution is 2.16. The van der Waals surface area contributed by atoms with Crippen molar-refractivity contribution < 1.29 is 19.0 Å². The van der Waals surface area contributed by atoms with Crippen LogP contribution >= 0.6 is 0 Å². The van der Waals surface area contributed by atoms with Gasteiger partial charge in [0.2, 0.25) is 0 Å². The van der Waals surface area contributed by atoms with Crippen molar-refractivity contribution in [1.29, 1.82) is 0 Å². The molecule has 0 saturated heterocycles. The highest BCUT2D eigenvalue weighted by Gasteiger charge is 2.16. The highest BCUT2D eigenvalue weighted by molar-refractivity contribution is 5.74. The van der Waals surface area contributed by atoms with Gasteiger partial charge in [-0.15, -0.1) is 0 Å². The van der Waals surface area contributed by atoms with E-state index in [0.29, 0.717) is 24.7 Å². The maximum Gasteiger partial charge on any atom is 0.347 e. The molecule has 0 aliphatic rings. The zero-order valence-corrected chi connectivity index (χ0v) is 10.7. The Bertz CT molecular complexity index is 381. The fourth-order valence-electron chi connectivity index (χ4n) is 1.30. The first kappa shape index (κ1) is 14.3. The molecule has 2 N–H and O–H groups in total. The normalized spacial score (nSPS) is 11.9. The number of nitrogen functional groups attached to an aromatic ring is 1. The number of benzene rings is 1. The van der Waals surface area contributed by atoms with Gasteiger partial charge in [-0.1, -0.05) is 6.07 Å². The minimum absolute atomic E-state index is 0.233. The monoisotopic (exact) mass is 253 g/mol. The Morgan fingerprint density at radius 3 is 2.83 bits per heavy atom. The Labute approximate surface area is 107 Å².